The molecule has 5 heteroatoms. The van der Waals surface area contributed by atoms with Gasteiger partial charge >= 0.3 is 0 Å². The van der Waals surface area contributed by atoms with E-state index in [1.807, 2.05) is 4.68 Å². The molecule has 0 saturated heterocycles. The van der Waals surface area contributed by atoms with Crippen molar-refractivity contribution in [1.82, 2.24) is 15.0 Å². The lowest BCUT2D eigenvalue weighted by molar-refractivity contribution is 0.199. The lowest BCUT2D eigenvalue weighted by Crippen LogP contribution is -2.12. The van der Waals surface area contributed by atoms with Crippen LogP contribution in [0.2, 0.25) is 0 Å². The summed E-state index contributed by atoms with van der Waals surface area (Å²) in [5.41, 5.74) is 1.97. The standard InChI is InChI=1S/C10H18ClN3O/c1-4-8(2)14-10(5-6-15-3)9(7-11)12-13-14/h8H,4-7H2,1-3H3. The van der Waals surface area contributed by atoms with Crippen molar-refractivity contribution < 1.29 is 4.74 Å². The van der Waals surface area contributed by atoms with Crippen LogP contribution in [0.5, 0.6) is 0 Å². The van der Waals surface area contributed by atoms with Crippen LogP contribution in [0.4, 0.5) is 0 Å². The van der Waals surface area contributed by atoms with Crippen molar-refractivity contribution in [3.05, 3.63) is 11.4 Å². The topological polar surface area (TPSA) is 39.9 Å². The van der Waals surface area contributed by atoms with Gasteiger partial charge in [0.2, 0.25) is 0 Å². The van der Waals surface area contributed by atoms with Crippen LogP contribution >= 0.6 is 11.6 Å². The number of alkyl halides is 1. The Hall–Kier alpha value is -0.610. The molecule has 0 aliphatic carbocycles. The summed E-state index contributed by atoms with van der Waals surface area (Å²) >= 11 is 5.82. The van der Waals surface area contributed by atoms with Crippen LogP contribution in [0.3, 0.4) is 0 Å². The molecule has 0 radical (unpaired) electrons. The molecular weight excluding hydrogens is 214 g/mol. The molecule has 1 aromatic heterocycles. The maximum absolute atomic E-state index is 5.82. The number of aromatic nitrogens is 3. The largest absolute Gasteiger partial charge is 0.384 e. The first-order valence-corrected chi connectivity index (χ1v) is 5.75. The normalized spacial score (nSPS) is 13.1. The van der Waals surface area contributed by atoms with Crippen LogP contribution in [0.1, 0.15) is 37.7 Å². The number of nitrogens with zero attached hydrogens (tertiary/aromatic N) is 3. The molecular formula is C10H18ClN3O. The van der Waals surface area contributed by atoms with Crippen LogP contribution in [-0.4, -0.2) is 28.7 Å². The Morgan fingerprint density at radius 1 is 1.53 bits per heavy atom. The Morgan fingerprint density at radius 3 is 2.80 bits per heavy atom. The maximum Gasteiger partial charge on any atom is 0.101 e. The highest BCUT2D eigenvalue weighted by molar-refractivity contribution is 6.16. The Bertz CT molecular complexity index is 301. The van der Waals surface area contributed by atoms with Crippen molar-refractivity contribution in [3.8, 4) is 0 Å². The molecule has 1 heterocycles. The second-order valence-corrected chi connectivity index (χ2v) is 3.83. The molecule has 0 amide bonds. The highest BCUT2D eigenvalue weighted by atomic mass is 35.5. The van der Waals surface area contributed by atoms with E-state index in [-0.39, 0.29) is 0 Å². The van der Waals surface area contributed by atoms with Gasteiger partial charge in [-0.1, -0.05) is 12.1 Å². The third-order valence-electron chi connectivity index (χ3n) is 2.55. The van der Waals surface area contributed by atoms with Gasteiger partial charge < -0.3 is 4.74 Å². The highest BCUT2D eigenvalue weighted by Gasteiger charge is 2.14. The Balaban J connectivity index is 2.89. The first-order chi connectivity index (χ1) is 7.24. The number of ether oxygens (including phenoxy) is 1. The van der Waals surface area contributed by atoms with Crippen molar-refractivity contribution in [3.63, 3.8) is 0 Å². The molecule has 0 bridgehead atoms. The van der Waals surface area contributed by atoms with Crippen molar-refractivity contribution >= 4 is 11.6 Å². The van der Waals surface area contributed by atoms with E-state index < -0.39 is 0 Å². The fourth-order valence-electron chi connectivity index (χ4n) is 1.43. The molecule has 0 aliphatic rings. The lowest BCUT2D eigenvalue weighted by atomic mass is 10.2. The number of hydrogen-bond donors (Lipinski definition) is 0. The molecule has 0 fully saturated rings. The summed E-state index contributed by atoms with van der Waals surface area (Å²) in [5.74, 6) is 0.412. The average molecular weight is 232 g/mol. The molecule has 1 atom stereocenters. The summed E-state index contributed by atoms with van der Waals surface area (Å²) in [5, 5.41) is 8.22. The van der Waals surface area contributed by atoms with Gasteiger partial charge in [-0.3, -0.25) is 0 Å². The van der Waals surface area contributed by atoms with Crippen LogP contribution in [-0.2, 0) is 17.0 Å². The van der Waals surface area contributed by atoms with Gasteiger partial charge in [-0.05, 0) is 13.3 Å². The predicted molar refractivity (Wildman–Crippen MR) is 60.2 cm³/mol. The van der Waals surface area contributed by atoms with E-state index in [0.29, 0.717) is 18.5 Å². The summed E-state index contributed by atoms with van der Waals surface area (Å²) in [7, 11) is 1.69. The number of halogens is 1. The smallest absolute Gasteiger partial charge is 0.101 e. The van der Waals surface area contributed by atoms with E-state index in [1.54, 1.807) is 7.11 Å². The van der Waals surface area contributed by atoms with Crippen molar-refractivity contribution in [2.75, 3.05) is 13.7 Å². The van der Waals surface area contributed by atoms with Crippen LogP contribution in [0.15, 0.2) is 0 Å². The Kier molecular flexibility index (Phi) is 5.05. The van der Waals surface area contributed by atoms with E-state index in [2.05, 4.69) is 24.2 Å². The first kappa shape index (κ1) is 12.5. The Morgan fingerprint density at radius 2 is 2.27 bits per heavy atom. The predicted octanol–water partition coefficient (Wildman–Crippen LogP) is 2.18. The van der Waals surface area contributed by atoms with Gasteiger partial charge in [0.15, 0.2) is 0 Å². The van der Waals surface area contributed by atoms with Crippen LogP contribution < -0.4 is 0 Å². The molecule has 0 spiro atoms. The molecule has 0 saturated carbocycles. The number of rotatable bonds is 6. The second kappa shape index (κ2) is 6.08. The first-order valence-electron chi connectivity index (χ1n) is 5.22. The van der Waals surface area contributed by atoms with Gasteiger partial charge in [0, 0.05) is 13.5 Å². The van der Waals surface area contributed by atoms with Crippen LogP contribution in [0.25, 0.3) is 0 Å². The SMILES string of the molecule is CCC(C)n1nnc(CCl)c1CCOC. The van der Waals surface area contributed by atoms with Crippen molar-refractivity contribution in [1.29, 1.82) is 0 Å². The van der Waals surface area contributed by atoms with E-state index >= 15 is 0 Å². The monoisotopic (exact) mass is 231 g/mol. The third-order valence-corrected chi connectivity index (χ3v) is 2.80. The van der Waals surface area contributed by atoms with E-state index in [0.717, 1.165) is 24.2 Å². The van der Waals surface area contributed by atoms with Crippen molar-refractivity contribution in [2.45, 2.75) is 38.6 Å². The van der Waals surface area contributed by atoms with Crippen LogP contribution in [0, 0.1) is 0 Å². The molecule has 0 aliphatic heterocycles. The summed E-state index contributed by atoms with van der Waals surface area (Å²) in [6.45, 7) is 4.93. The molecule has 1 rings (SSSR count). The van der Waals surface area contributed by atoms with E-state index in [4.69, 9.17) is 16.3 Å². The lowest BCUT2D eigenvalue weighted by Gasteiger charge is -2.12. The number of hydrogen-bond acceptors (Lipinski definition) is 3. The molecule has 15 heavy (non-hydrogen) atoms. The fourth-order valence-corrected chi connectivity index (χ4v) is 1.64. The number of methoxy groups -OCH3 is 1. The van der Waals surface area contributed by atoms with Gasteiger partial charge in [0.05, 0.1) is 24.2 Å². The quantitative estimate of drug-likeness (QED) is 0.705. The molecule has 0 N–H and O–H groups in total. The molecule has 1 unspecified atom stereocenters. The highest BCUT2D eigenvalue weighted by Crippen LogP contribution is 2.16. The molecule has 1 aromatic rings. The summed E-state index contributed by atoms with van der Waals surface area (Å²) in [6, 6.07) is 0.362. The summed E-state index contributed by atoms with van der Waals surface area (Å²) in [6.07, 6.45) is 1.85. The zero-order chi connectivity index (χ0) is 11.3. The van der Waals surface area contributed by atoms with E-state index in [1.165, 1.54) is 0 Å². The molecule has 4 nitrogen and oxygen atoms in total. The van der Waals surface area contributed by atoms with Gasteiger partial charge in [0.25, 0.3) is 0 Å². The van der Waals surface area contributed by atoms with Gasteiger partial charge in [-0.2, -0.15) is 0 Å². The van der Waals surface area contributed by atoms with Gasteiger partial charge in [0.1, 0.15) is 5.69 Å². The minimum atomic E-state index is 0.362. The molecule has 0 aromatic carbocycles. The van der Waals surface area contributed by atoms with E-state index in [9.17, 15) is 0 Å². The Labute approximate surface area is 95.6 Å². The fraction of sp³-hybridized carbons (Fsp3) is 0.800. The van der Waals surface area contributed by atoms with Crippen molar-refractivity contribution in [2.24, 2.45) is 0 Å². The second-order valence-electron chi connectivity index (χ2n) is 3.56. The summed E-state index contributed by atoms with van der Waals surface area (Å²) in [4.78, 5) is 0. The zero-order valence-corrected chi connectivity index (χ0v) is 10.3. The average Bonchev–Trinajstić information content (AvgIpc) is 2.67. The molecule has 86 valence electrons. The van der Waals surface area contributed by atoms with Gasteiger partial charge in [-0.15, -0.1) is 16.7 Å². The minimum Gasteiger partial charge on any atom is -0.384 e. The summed E-state index contributed by atoms with van der Waals surface area (Å²) < 4.78 is 7.03. The maximum atomic E-state index is 5.82. The third kappa shape index (κ3) is 2.92. The minimum absolute atomic E-state index is 0.362. The zero-order valence-electron chi connectivity index (χ0n) is 9.53. The van der Waals surface area contributed by atoms with Gasteiger partial charge in [-0.25, -0.2) is 4.68 Å².